The Labute approximate surface area is 250 Å². The number of rotatable bonds is 14. The molecule has 2 N–H and O–H groups in total. The highest BCUT2D eigenvalue weighted by molar-refractivity contribution is 5.98. The molecule has 224 valence electrons. The summed E-state index contributed by atoms with van der Waals surface area (Å²) in [5, 5.41) is 13.8. The predicted octanol–water partition coefficient (Wildman–Crippen LogP) is 4.43. The first kappa shape index (κ1) is 30.2. The van der Waals surface area contributed by atoms with Crippen LogP contribution in [0.1, 0.15) is 33.7 Å². The number of aliphatic carboxylic acids is 1. The Morgan fingerprint density at radius 3 is 2.00 bits per heavy atom. The second kappa shape index (κ2) is 13.3. The van der Waals surface area contributed by atoms with E-state index in [0.717, 1.165) is 33.9 Å². The summed E-state index contributed by atoms with van der Waals surface area (Å²) in [6.07, 6.45) is 1.09. The monoisotopic (exact) mass is 585 g/mol. The number of amides is 1. The van der Waals surface area contributed by atoms with Gasteiger partial charge in [0.1, 0.15) is 18.1 Å². The average Bonchev–Trinajstić information content (AvgIpc) is 3.02. The van der Waals surface area contributed by atoms with E-state index in [4.69, 9.17) is 18.9 Å². The van der Waals surface area contributed by atoms with E-state index in [9.17, 15) is 19.5 Å². The van der Waals surface area contributed by atoms with Gasteiger partial charge in [0.25, 0.3) is 0 Å². The lowest BCUT2D eigenvalue weighted by molar-refractivity contribution is -0.170. The van der Waals surface area contributed by atoms with Crippen LogP contribution >= 0.6 is 0 Å². The highest BCUT2D eigenvalue weighted by atomic mass is 16.6. The second-order valence-corrected chi connectivity index (χ2v) is 10.5. The lowest BCUT2D eigenvalue weighted by Gasteiger charge is -2.55. The standard InChI is InChI=1S/C34H35NO8/c1-3-28(36)42-20-18-40-16-17-41-19-21-43-34-25-13-7-5-11-23(25)29(24-12-6-8-14-26(24)34)30(31(34)33(38)39)32(37)35-27-15-9-4-10-22(27)2/h3-15,29-31H,1,16-21H2,2H3,(H,35,37)(H,38,39). The minimum atomic E-state index is -1.41. The van der Waals surface area contributed by atoms with Crippen LogP contribution in [0.25, 0.3) is 0 Å². The van der Waals surface area contributed by atoms with Gasteiger partial charge in [0.2, 0.25) is 5.91 Å². The number of ether oxygens (including phenoxy) is 4. The zero-order valence-corrected chi connectivity index (χ0v) is 24.0. The van der Waals surface area contributed by atoms with Crippen LogP contribution in [0.15, 0.2) is 85.5 Å². The first-order chi connectivity index (χ1) is 20.9. The number of carboxylic acid groups (broad SMARTS) is 1. The third-order valence-corrected chi connectivity index (χ3v) is 8.09. The number of para-hydroxylation sites is 1. The first-order valence-corrected chi connectivity index (χ1v) is 14.3. The number of carbonyl (C=O) groups is 3. The van der Waals surface area contributed by atoms with Crippen molar-refractivity contribution in [2.45, 2.75) is 18.4 Å². The van der Waals surface area contributed by atoms with Crippen molar-refractivity contribution in [3.8, 4) is 0 Å². The molecule has 2 bridgehead atoms. The zero-order chi connectivity index (χ0) is 30.4. The molecule has 3 aromatic carbocycles. The van der Waals surface area contributed by atoms with E-state index in [-0.39, 0.29) is 45.5 Å². The summed E-state index contributed by atoms with van der Waals surface area (Å²) in [4.78, 5) is 38.3. The number of fused-ring (bicyclic) bond motifs is 1. The van der Waals surface area contributed by atoms with E-state index >= 15 is 0 Å². The molecule has 0 aliphatic heterocycles. The summed E-state index contributed by atoms with van der Waals surface area (Å²) >= 11 is 0. The molecule has 0 aromatic heterocycles. The Hall–Kier alpha value is -4.31. The van der Waals surface area contributed by atoms with Crippen LogP contribution in [0.2, 0.25) is 0 Å². The third-order valence-electron chi connectivity index (χ3n) is 8.09. The van der Waals surface area contributed by atoms with E-state index in [0.29, 0.717) is 5.69 Å². The quantitative estimate of drug-likeness (QED) is 0.162. The molecule has 3 aromatic rings. The number of anilines is 1. The van der Waals surface area contributed by atoms with Crippen LogP contribution in [0.5, 0.6) is 0 Å². The number of esters is 1. The van der Waals surface area contributed by atoms with Crippen molar-refractivity contribution < 1.29 is 38.4 Å². The molecule has 0 heterocycles. The van der Waals surface area contributed by atoms with Crippen LogP contribution in [-0.2, 0) is 38.9 Å². The molecule has 2 atom stereocenters. The topological polar surface area (TPSA) is 120 Å². The van der Waals surface area contributed by atoms with E-state index in [1.54, 1.807) is 0 Å². The molecule has 0 radical (unpaired) electrons. The first-order valence-electron chi connectivity index (χ1n) is 14.3. The van der Waals surface area contributed by atoms with E-state index in [2.05, 4.69) is 11.9 Å². The summed E-state index contributed by atoms with van der Waals surface area (Å²) < 4.78 is 22.6. The molecule has 0 spiro atoms. The molecule has 0 saturated heterocycles. The maximum atomic E-state index is 14.1. The van der Waals surface area contributed by atoms with Gasteiger partial charge in [-0.05, 0) is 40.8 Å². The fourth-order valence-electron chi connectivity index (χ4n) is 6.34. The summed E-state index contributed by atoms with van der Waals surface area (Å²) in [6.45, 7) is 6.39. The van der Waals surface area contributed by atoms with Gasteiger partial charge in [0, 0.05) is 17.7 Å². The number of nitrogens with one attached hydrogen (secondary N) is 1. The molecule has 3 aliphatic rings. The molecule has 1 amide bonds. The predicted molar refractivity (Wildman–Crippen MR) is 159 cm³/mol. The Balaban J connectivity index is 1.38. The van der Waals surface area contributed by atoms with Gasteiger partial charge in [0.05, 0.1) is 39.0 Å². The summed E-state index contributed by atoms with van der Waals surface area (Å²) in [5.74, 6) is -4.55. The van der Waals surface area contributed by atoms with Crippen LogP contribution in [-0.4, -0.2) is 62.6 Å². The van der Waals surface area contributed by atoms with Crippen LogP contribution < -0.4 is 5.32 Å². The Morgan fingerprint density at radius 1 is 0.837 bits per heavy atom. The van der Waals surface area contributed by atoms with Gasteiger partial charge in [-0.2, -0.15) is 0 Å². The molecule has 3 aliphatic carbocycles. The van der Waals surface area contributed by atoms with Crippen molar-refractivity contribution in [1.82, 2.24) is 0 Å². The minimum Gasteiger partial charge on any atom is -0.481 e. The maximum absolute atomic E-state index is 14.1. The van der Waals surface area contributed by atoms with Gasteiger partial charge < -0.3 is 29.4 Å². The molecule has 2 unspecified atom stereocenters. The fourth-order valence-corrected chi connectivity index (χ4v) is 6.34. The van der Waals surface area contributed by atoms with Gasteiger partial charge in [0.15, 0.2) is 0 Å². The second-order valence-electron chi connectivity index (χ2n) is 10.5. The van der Waals surface area contributed by atoms with Crippen molar-refractivity contribution in [3.05, 3.63) is 113 Å². The van der Waals surface area contributed by atoms with E-state index in [1.807, 2.05) is 79.7 Å². The van der Waals surface area contributed by atoms with Crippen LogP contribution in [0.3, 0.4) is 0 Å². The van der Waals surface area contributed by atoms with E-state index < -0.39 is 35.3 Å². The summed E-state index contributed by atoms with van der Waals surface area (Å²) in [6, 6.07) is 22.7. The van der Waals surface area contributed by atoms with Crippen LogP contribution in [0, 0.1) is 18.8 Å². The molecule has 9 nitrogen and oxygen atoms in total. The largest absolute Gasteiger partial charge is 0.481 e. The number of hydrogen-bond acceptors (Lipinski definition) is 7. The van der Waals surface area contributed by atoms with Crippen molar-refractivity contribution in [2.75, 3.05) is 45.0 Å². The van der Waals surface area contributed by atoms with Crippen molar-refractivity contribution >= 4 is 23.5 Å². The van der Waals surface area contributed by atoms with Gasteiger partial charge in [-0.1, -0.05) is 73.3 Å². The number of hydrogen-bond donors (Lipinski definition) is 2. The highest BCUT2D eigenvalue weighted by Crippen LogP contribution is 2.62. The fraction of sp³-hybridized carbons (Fsp3) is 0.324. The Kier molecular flexibility index (Phi) is 9.35. The van der Waals surface area contributed by atoms with Crippen molar-refractivity contribution in [2.24, 2.45) is 11.8 Å². The number of carboxylic acids is 1. The molecule has 6 rings (SSSR count). The molecule has 9 heteroatoms. The third kappa shape index (κ3) is 5.84. The molecule has 0 fully saturated rings. The SMILES string of the molecule is C=CC(=O)OCCOCCOCCOC12c3ccccc3C(c3ccccc31)C(C(=O)Nc1ccccc1C)C2C(=O)O. The lowest BCUT2D eigenvalue weighted by atomic mass is 9.51. The normalized spacial score (nSPS) is 21.4. The van der Waals surface area contributed by atoms with Gasteiger partial charge in [-0.3, -0.25) is 9.59 Å². The number of benzene rings is 3. The molecular formula is C34H35NO8. The Morgan fingerprint density at radius 2 is 1.40 bits per heavy atom. The minimum absolute atomic E-state index is 0.0835. The van der Waals surface area contributed by atoms with Gasteiger partial charge >= 0.3 is 11.9 Å². The van der Waals surface area contributed by atoms with Gasteiger partial charge in [-0.25, -0.2) is 4.79 Å². The maximum Gasteiger partial charge on any atom is 0.330 e. The molecular weight excluding hydrogens is 550 g/mol. The average molecular weight is 586 g/mol. The van der Waals surface area contributed by atoms with Crippen molar-refractivity contribution in [1.29, 1.82) is 0 Å². The van der Waals surface area contributed by atoms with Gasteiger partial charge in [-0.15, -0.1) is 0 Å². The number of aryl methyl sites for hydroxylation is 1. The highest BCUT2D eigenvalue weighted by Gasteiger charge is 2.64. The zero-order valence-electron chi connectivity index (χ0n) is 24.0. The van der Waals surface area contributed by atoms with E-state index in [1.165, 1.54) is 0 Å². The molecule has 0 saturated carbocycles. The smallest absolute Gasteiger partial charge is 0.330 e. The lowest BCUT2D eigenvalue weighted by Crippen LogP contribution is -2.59. The Bertz CT molecular complexity index is 1450. The number of carbonyl (C=O) groups excluding carboxylic acids is 2. The summed E-state index contributed by atoms with van der Waals surface area (Å²) in [7, 11) is 0. The van der Waals surface area contributed by atoms with Crippen LogP contribution in [0.4, 0.5) is 5.69 Å². The molecule has 43 heavy (non-hydrogen) atoms. The summed E-state index contributed by atoms with van der Waals surface area (Å²) in [5.41, 5.74) is 3.40. The van der Waals surface area contributed by atoms with Crippen molar-refractivity contribution in [3.63, 3.8) is 0 Å².